The SMILES string of the molecule is CCOc1ccc([C@H]2C(C(=O)Nc3ccc(OC)cc3)=C(C)Nc3nc(SCc4cccc(C)c4)nn32)cc1. The number of aryl methyl sites for hydroxylation is 1. The van der Waals surface area contributed by atoms with Crippen LogP contribution in [0.4, 0.5) is 11.6 Å². The van der Waals surface area contributed by atoms with E-state index in [0.717, 1.165) is 28.5 Å². The Kier molecular flexibility index (Phi) is 7.88. The summed E-state index contributed by atoms with van der Waals surface area (Å²) in [5.74, 6) is 2.61. The van der Waals surface area contributed by atoms with Crippen LogP contribution in [0.15, 0.2) is 89.2 Å². The minimum Gasteiger partial charge on any atom is -0.497 e. The van der Waals surface area contributed by atoms with Gasteiger partial charge >= 0.3 is 0 Å². The Bertz CT molecular complexity index is 1500. The van der Waals surface area contributed by atoms with E-state index in [-0.39, 0.29) is 5.91 Å². The summed E-state index contributed by atoms with van der Waals surface area (Å²) in [6.45, 7) is 6.50. The third kappa shape index (κ3) is 5.93. The fourth-order valence-electron chi connectivity index (χ4n) is 4.53. The van der Waals surface area contributed by atoms with Crippen molar-refractivity contribution < 1.29 is 14.3 Å². The Balaban J connectivity index is 1.47. The van der Waals surface area contributed by atoms with E-state index in [1.54, 1.807) is 23.6 Å². The third-order valence-electron chi connectivity index (χ3n) is 6.38. The van der Waals surface area contributed by atoms with Crippen molar-refractivity contribution in [2.45, 2.75) is 37.7 Å². The molecule has 1 aliphatic heterocycles. The summed E-state index contributed by atoms with van der Waals surface area (Å²) in [5, 5.41) is 11.8. The van der Waals surface area contributed by atoms with Crippen molar-refractivity contribution in [3.63, 3.8) is 0 Å². The van der Waals surface area contributed by atoms with Crippen molar-refractivity contribution in [3.05, 3.63) is 101 Å². The highest BCUT2D eigenvalue weighted by Gasteiger charge is 2.34. The van der Waals surface area contributed by atoms with E-state index in [9.17, 15) is 4.79 Å². The molecule has 0 spiro atoms. The minimum absolute atomic E-state index is 0.223. The summed E-state index contributed by atoms with van der Waals surface area (Å²) < 4.78 is 12.7. The second kappa shape index (κ2) is 11.7. The maximum atomic E-state index is 13.7. The maximum absolute atomic E-state index is 13.7. The molecule has 2 N–H and O–H groups in total. The van der Waals surface area contributed by atoms with Gasteiger partial charge in [0.05, 0.1) is 19.3 Å². The van der Waals surface area contributed by atoms with E-state index in [4.69, 9.17) is 19.6 Å². The van der Waals surface area contributed by atoms with Crippen LogP contribution in [-0.2, 0) is 10.5 Å². The molecule has 5 rings (SSSR count). The lowest BCUT2D eigenvalue weighted by Gasteiger charge is -2.28. The number of ether oxygens (including phenoxy) is 2. The molecule has 3 aromatic carbocycles. The monoisotopic (exact) mass is 541 g/mol. The van der Waals surface area contributed by atoms with Crippen LogP contribution in [0.1, 0.15) is 36.6 Å². The number of nitrogens with zero attached hydrogens (tertiary/aromatic N) is 3. The Hall–Kier alpha value is -4.24. The van der Waals surface area contributed by atoms with Crippen molar-refractivity contribution in [2.24, 2.45) is 0 Å². The number of allylic oxidation sites excluding steroid dienone is 1. The number of carbonyl (C=O) groups is 1. The van der Waals surface area contributed by atoms with Gasteiger partial charge in [0.1, 0.15) is 17.5 Å². The summed E-state index contributed by atoms with van der Waals surface area (Å²) in [4.78, 5) is 18.5. The highest BCUT2D eigenvalue weighted by molar-refractivity contribution is 7.98. The first kappa shape index (κ1) is 26.4. The molecule has 39 heavy (non-hydrogen) atoms. The molecule has 2 heterocycles. The van der Waals surface area contributed by atoms with Gasteiger partial charge in [-0.25, -0.2) is 4.68 Å². The molecule has 0 fully saturated rings. The number of hydrogen-bond acceptors (Lipinski definition) is 7. The van der Waals surface area contributed by atoms with Crippen LogP contribution < -0.4 is 20.1 Å². The predicted octanol–water partition coefficient (Wildman–Crippen LogP) is 6.21. The average Bonchev–Trinajstić information content (AvgIpc) is 3.34. The smallest absolute Gasteiger partial charge is 0.255 e. The van der Waals surface area contributed by atoms with Crippen molar-refractivity contribution in [1.82, 2.24) is 14.8 Å². The fraction of sp³-hybridized carbons (Fsp3) is 0.233. The molecule has 9 heteroatoms. The number of carbonyl (C=O) groups excluding carboxylic acids is 1. The summed E-state index contributed by atoms with van der Waals surface area (Å²) in [6, 6.07) is 23.0. The summed E-state index contributed by atoms with van der Waals surface area (Å²) in [7, 11) is 1.61. The molecule has 0 unspecified atom stereocenters. The summed E-state index contributed by atoms with van der Waals surface area (Å²) in [5.41, 5.74) is 5.27. The molecule has 0 saturated heterocycles. The Labute approximate surface area is 232 Å². The lowest BCUT2D eigenvalue weighted by atomic mass is 9.95. The van der Waals surface area contributed by atoms with E-state index in [1.807, 2.05) is 62.4 Å². The van der Waals surface area contributed by atoms with Gasteiger partial charge < -0.3 is 20.1 Å². The van der Waals surface area contributed by atoms with E-state index in [0.29, 0.717) is 29.0 Å². The molecule has 1 atom stereocenters. The number of rotatable bonds is 9. The molecule has 0 saturated carbocycles. The first-order valence-electron chi connectivity index (χ1n) is 12.8. The molecule has 8 nitrogen and oxygen atoms in total. The number of thioether (sulfide) groups is 1. The highest BCUT2D eigenvalue weighted by Crippen LogP contribution is 2.37. The van der Waals surface area contributed by atoms with E-state index in [2.05, 4.69) is 41.8 Å². The van der Waals surface area contributed by atoms with Crippen molar-refractivity contribution >= 4 is 29.3 Å². The van der Waals surface area contributed by atoms with Crippen molar-refractivity contribution in [1.29, 1.82) is 0 Å². The highest BCUT2D eigenvalue weighted by atomic mass is 32.2. The van der Waals surface area contributed by atoms with E-state index < -0.39 is 6.04 Å². The van der Waals surface area contributed by atoms with Gasteiger partial charge in [-0.05, 0) is 68.3 Å². The molecule has 1 aromatic heterocycles. The second-order valence-corrected chi connectivity index (χ2v) is 10.1. The number of anilines is 2. The molecule has 0 bridgehead atoms. The largest absolute Gasteiger partial charge is 0.497 e. The summed E-state index contributed by atoms with van der Waals surface area (Å²) >= 11 is 1.56. The van der Waals surface area contributed by atoms with Crippen LogP contribution in [-0.4, -0.2) is 34.4 Å². The van der Waals surface area contributed by atoms with Gasteiger partial charge in [-0.3, -0.25) is 4.79 Å². The second-order valence-electron chi connectivity index (χ2n) is 9.19. The summed E-state index contributed by atoms with van der Waals surface area (Å²) in [6.07, 6.45) is 0. The topological polar surface area (TPSA) is 90.3 Å². The molecule has 0 aliphatic carbocycles. The molecule has 200 valence electrons. The Morgan fingerprint density at radius 3 is 2.49 bits per heavy atom. The molecule has 1 amide bonds. The van der Waals surface area contributed by atoms with Gasteiger partial charge in [-0.2, -0.15) is 4.98 Å². The van der Waals surface area contributed by atoms with Crippen LogP contribution >= 0.6 is 11.8 Å². The first-order chi connectivity index (χ1) is 18.9. The molecule has 0 radical (unpaired) electrons. The van der Waals surface area contributed by atoms with Crippen molar-refractivity contribution in [3.8, 4) is 11.5 Å². The number of benzene rings is 3. The number of aromatic nitrogens is 3. The standard InChI is InChI=1S/C30H31N5O3S/c1-5-38-25-13-9-22(10-14-25)27-26(28(36)32-23-11-15-24(37-4)16-12-23)20(3)31-29-33-30(34-35(27)29)39-18-21-8-6-7-19(2)17-21/h6-17,27H,5,18H2,1-4H3,(H,32,36)(H,31,33,34)/t27-/m0/s1. The van der Waals surface area contributed by atoms with Crippen LogP contribution in [0.3, 0.4) is 0 Å². The normalized spacial score (nSPS) is 14.4. The first-order valence-corrected chi connectivity index (χ1v) is 13.7. The number of methoxy groups -OCH3 is 1. The van der Waals surface area contributed by atoms with Crippen LogP contribution in [0, 0.1) is 6.92 Å². The van der Waals surface area contributed by atoms with E-state index >= 15 is 0 Å². The van der Waals surface area contributed by atoms with Gasteiger partial charge in [0.15, 0.2) is 0 Å². The zero-order valence-electron chi connectivity index (χ0n) is 22.4. The third-order valence-corrected chi connectivity index (χ3v) is 7.29. The number of amides is 1. The Morgan fingerprint density at radius 2 is 1.79 bits per heavy atom. The van der Waals surface area contributed by atoms with Gasteiger partial charge in [0, 0.05) is 17.1 Å². The van der Waals surface area contributed by atoms with E-state index in [1.165, 1.54) is 11.1 Å². The lowest BCUT2D eigenvalue weighted by Crippen LogP contribution is -2.31. The molecular formula is C30H31N5O3S. The quantitative estimate of drug-likeness (QED) is 0.243. The van der Waals surface area contributed by atoms with Gasteiger partial charge in [-0.1, -0.05) is 53.7 Å². The molecule has 1 aliphatic rings. The van der Waals surface area contributed by atoms with Crippen LogP contribution in [0.5, 0.6) is 11.5 Å². The van der Waals surface area contributed by atoms with Gasteiger partial charge in [-0.15, -0.1) is 5.10 Å². The van der Waals surface area contributed by atoms with Crippen molar-refractivity contribution in [2.75, 3.05) is 24.4 Å². The fourth-order valence-corrected chi connectivity index (χ4v) is 5.30. The number of hydrogen-bond donors (Lipinski definition) is 2. The van der Waals surface area contributed by atoms with Crippen LogP contribution in [0.25, 0.3) is 0 Å². The molecular weight excluding hydrogens is 510 g/mol. The zero-order valence-corrected chi connectivity index (χ0v) is 23.2. The Morgan fingerprint density at radius 1 is 1.05 bits per heavy atom. The lowest BCUT2D eigenvalue weighted by molar-refractivity contribution is -0.113. The van der Waals surface area contributed by atoms with Gasteiger partial charge in [0.2, 0.25) is 11.1 Å². The number of nitrogens with one attached hydrogen (secondary N) is 2. The maximum Gasteiger partial charge on any atom is 0.255 e. The molecule has 4 aromatic rings. The van der Waals surface area contributed by atoms with Gasteiger partial charge in [0.25, 0.3) is 5.91 Å². The minimum atomic E-state index is -0.476. The predicted molar refractivity (Wildman–Crippen MR) is 154 cm³/mol. The zero-order chi connectivity index (χ0) is 27.4. The number of fused-ring (bicyclic) bond motifs is 1. The van der Waals surface area contributed by atoms with Crippen LogP contribution in [0.2, 0.25) is 0 Å². The average molecular weight is 542 g/mol.